The summed E-state index contributed by atoms with van der Waals surface area (Å²) in [5.74, 6) is 0.0358. The maximum absolute atomic E-state index is 10.6. The Labute approximate surface area is 79.5 Å². The maximum Gasteiger partial charge on any atom is 0.221 e. The van der Waals surface area contributed by atoms with Crippen LogP contribution in [0.1, 0.15) is 20.3 Å². The van der Waals surface area contributed by atoms with Crippen molar-refractivity contribution in [2.75, 3.05) is 19.7 Å². The predicted octanol–water partition coefficient (Wildman–Crippen LogP) is -0.284. The molecule has 13 heavy (non-hydrogen) atoms. The number of hydrogen-bond donors (Lipinski definition) is 3. The van der Waals surface area contributed by atoms with Crippen molar-refractivity contribution in [3.63, 3.8) is 0 Å². The number of primary amides is 1. The van der Waals surface area contributed by atoms with Gasteiger partial charge in [-0.3, -0.25) is 4.79 Å². The third kappa shape index (κ3) is 6.54. The van der Waals surface area contributed by atoms with Gasteiger partial charge in [-0.1, -0.05) is 13.8 Å². The summed E-state index contributed by atoms with van der Waals surface area (Å²) in [6.07, 6.45) is 0.790. The van der Waals surface area contributed by atoms with Crippen LogP contribution in [-0.4, -0.2) is 30.7 Å². The maximum atomic E-state index is 10.6. The fraction of sp³-hybridized carbons (Fsp3) is 0.889. The Bertz CT molecular complexity index is 151. The molecule has 0 aliphatic heterocycles. The van der Waals surface area contributed by atoms with Crippen LogP contribution in [0.25, 0.3) is 0 Å². The van der Waals surface area contributed by atoms with Gasteiger partial charge in [-0.25, -0.2) is 0 Å². The zero-order valence-corrected chi connectivity index (χ0v) is 8.42. The van der Waals surface area contributed by atoms with Crippen LogP contribution in [0, 0.1) is 11.8 Å². The van der Waals surface area contributed by atoms with Crippen molar-refractivity contribution >= 4 is 5.91 Å². The van der Waals surface area contributed by atoms with Crippen LogP contribution < -0.4 is 11.1 Å². The van der Waals surface area contributed by atoms with E-state index in [0.717, 1.165) is 13.0 Å². The van der Waals surface area contributed by atoms with E-state index in [0.29, 0.717) is 12.5 Å². The summed E-state index contributed by atoms with van der Waals surface area (Å²) in [5, 5.41) is 11.8. The molecule has 0 saturated carbocycles. The van der Waals surface area contributed by atoms with Gasteiger partial charge in [-0.05, 0) is 18.9 Å². The Balaban J connectivity index is 3.39. The second-order valence-electron chi connectivity index (χ2n) is 3.58. The minimum absolute atomic E-state index is 0.124. The molecule has 0 fully saturated rings. The van der Waals surface area contributed by atoms with Gasteiger partial charge in [-0.2, -0.15) is 0 Å². The SMILES string of the molecule is CC(CCO)CNCC(C)C(N)=O. The standard InChI is InChI=1S/C9H20N2O2/c1-7(3-4-12)5-11-6-8(2)9(10)13/h7-8,11-12H,3-6H2,1-2H3,(H2,10,13). The van der Waals surface area contributed by atoms with E-state index in [9.17, 15) is 4.79 Å². The van der Waals surface area contributed by atoms with E-state index < -0.39 is 0 Å². The quantitative estimate of drug-likeness (QED) is 0.514. The Kier molecular flexibility index (Phi) is 6.54. The molecule has 0 aromatic carbocycles. The zero-order valence-electron chi connectivity index (χ0n) is 8.42. The van der Waals surface area contributed by atoms with Gasteiger partial charge in [0.05, 0.1) is 0 Å². The Morgan fingerprint density at radius 3 is 2.54 bits per heavy atom. The van der Waals surface area contributed by atoms with E-state index in [1.807, 2.05) is 0 Å². The number of aliphatic hydroxyl groups is 1. The van der Waals surface area contributed by atoms with E-state index in [1.165, 1.54) is 0 Å². The van der Waals surface area contributed by atoms with E-state index in [-0.39, 0.29) is 18.4 Å². The van der Waals surface area contributed by atoms with Gasteiger partial charge in [-0.15, -0.1) is 0 Å². The second kappa shape index (κ2) is 6.86. The van der Waals surface area contributed by atoms with Gasteiger partial charge in [0.2, 0.25) is 5.91 Å². The minimum Gasteiger partial charge on any atom is -0.396 e. The molecule has 2 unspecified atom stereocenters. The number of hydrogen-bond acceptors (Lipinski definition) is 3. The van der Waals surface area contributed by atoms with Gasteiger partial charge >= 0.3 is 0 Å². The monoisotopic (exact) mass is 188 g/mol. The smallest absolute Gasteiger partial charge is 0.221 e. The molecule has 78 valence electrons. The molecule has 0 aliphatic carbocycles. The topological polar surface area (TPSA) is 75.3 Å². The predicted molar refractivity (Wildman–Crippen MR) is 52.1 cm³/mol. The van der Waals surface area contributed by atoms with Crippen molar-refractivity contribution in [2.24, 2.45) is 17.6 Å². The van der Waals surface area contributed by atoms with Crippen molar-refractivity contribution in [1.29, 1.82) is 0 Å². The average Bonchev–Trinajstić information content (AvgIpc) is 2.04. The Hall–Kier alpha value is -0.610. The molecule has 4 N–H and O–H groups in total. The molecular weight excluding hydrogens is 168 g/mol. The van der Waals surface area contributed by atoms with Crippen LogP contribution in [-0.2, 0) is 4.79 Å². The first-order valence-corrected chi connectivity index (χ1v) is 4.68. The largest absolute Gasteiger partial charge is 0.396 e. The highest BCUT2D eigenvalue weighted by molar-refractivity contribution is 5.76. The molecule has 0 bridgehead atoms. The van der Waals surface area contributed by atoms with Crippen LogP contribution in [0.4, 0.5) is 0 Å². The molecule has 0 aliphatic rings. The zero-order chi connectivity index (χ0) is 10.3. The number of aliphatic hydroxyl groups excluding tert-OH is 1. The third-order valence-electron chi connectivity index (χ3n) is 2.05. The molecule has 0 radical (unpaired) electrons. The number of amides is 1. The molecule has 2 atom stereocenters. The Morgan fingerprint density at radius 2 is 2.08 bits per heavy atom. The van der Waals surface area contributed by atoms with E-state index in [4.69, 9.17) is 10.8 Å². The highest BCUT2D eigenvalue weighted by Crippen LogP contribution is 1.98. The lowest BCUT2D eigenvalue weighted by atomic mass is 10.1. The summed E-state index contributed by atoms with van der Waals surface area (Å²) >= 11 is 0. The normalized spacial score (nSPS) is 15.3. The van der Waals surface area contributed by atoms with Crippen LogP contribution in [0.3, 0.4) is 0 Å². The number of nitrogens with one attached hydrogen (secondary N) is 1. The lowest BCUT2D eigenvalue weighted by Gasteiger charge is -2.13. The third-order valence-corrected chi connectivity index (χ3v) is 2.05. The number of rotatable bonds is 7. The molecule has 4 nitrogen and oxygen atoms in total. The van der Waals surface area contributed by atoms with Crippen molar-refractivity contribution in [3.05, 3.63) is 0 Å². The van der Waals surface area contributed by atoms with E-state index in [1.54, 1.807) is 6.92 Å². The highest BCUT2D eigenvalue weighted by atomic mass is 16.3. The summed E-state index contributed by atoms with van der Waals surface area (Å²) < 4.78 is 0. The molecule has 0 spiro atoms. The van der Waals surface area contributed by atoms with Crippen molar-refractivity contribution in [3.8, 4) is 0 Å². The van der Waals surface area contributed by atoms with Gasteiger partial charge in [0.25, 0.3) is 0 Å². The summed E-state index contributed by atoms with van der Waals surface area (Å²) in [6.45, 7) is 5.50. The van der Waals surface area contributed by atoms with Gasteiger partial charge in [0.1, 0.15) is 0 Å². The van der Waals surface area contributed by atoms with E-state index in [2.05, 4.69) is 12.2 Å². The van der Waals surface area contributed by atoms with Crippen LogP contribution in [0.5, 0.6) is 0 Å². The second-order valence-corrected chi connectivity index (χ2v) is 3.58. The Morgan fingerprint density at radius 1 is 1.46 bits per heavy atom. The number of carbonyl (C=O) groups is 1. The average molecular weight is 188 g/mol. The first kappa shape index (κ1) is 12.4. The first-order chi connectivity index (χ1) is 6.07. The van der Waals surface area contributed by atoms with Crippen molar-refractivity contribution in [2.45, 2.75) is 20.3 Å². The van der Waals surface area contributed by atoms with Gasteiger partial charge in [0, 0.05) is 19.1 Å². The summed E-state index contributed by atoms with van der Waals surface area (Å²) in [7, 11) is 0. The van der Waals surface area contributed by atoms with Crippen molar-refractivity contribution in [1.82, 2.24) is 5.32 Å². The minimum atomic E-state index is -0.276. The molecule has 4 heteroatoms. The lowest BCUT2D eigenvalue weighted by Crippen LogP contribution is -2.33. The molecule has 1 amide bonds. The molecule has 0 rings (SSSR count). The van der Waals surface area contributed by atoms with E-state index >= 15 is 0 Å². The highest BCUT2D eigenvalue weighted by Gasteiger charge is 2.08. The summed E-state index contributed by atoms with van der Waals surface area (Å²) in [5.41, 5.74) is 5.09. The van der Waals surface area contributed by atoms with Crippen molar-refractivity contribution < 1.29 is 9.90 Å². The molecular formula is C9H20N2O2. The molecule has 0 aromatic heterocycles. The van der Waals surface area contributed by atoms with Crippen LogP contribution in [0.15, 0.2) is 0 Å². The fourth-order valence-electron chi connectivity index (χ4n) is 0.969. The van der Waals surface area contributed by atoms with Crippen LogP contribution >= 0.6 is 0 Å². The molecule has 0 saturated heterocycles. The lowest BCUT2D eigenvalue weighted by molar-refractivity contribution is -0.121. The van der Waals surface area contributed by atoms with Gasteiger partial charge < -0.3 is 16.2 Å². The van der Waals surface area contributed by atoms with Crippen LogP contribution in [0.2, 0.25) is 0 Å². The number of carbonyl (C=O) groups excluding carboxylic acids is 1. The molecule has 0 heterocycles. The number of nitrogens with two attached hydrogens (primary N) is 1. The fourth-order valence-corrected chi connectivity index (χ4v) is 0.969. The first-order valence-electron chi connectivity index (χ1n) is 4.68. The molecule has 0 aromatic rings. The van der Waals surface area contributed by atoms with Gasteiger partial charge in [0.15, 0.2) is 0 Å². The summed E-state index contributed by atoms with van der Waals surface area (Å²) in [4.78, 5) is 10.6. The summed E-state index contributed by atoms with van der Waals surface area (Å²) in [6, 6.07) is 0.